The summed E-state index contributed by atoms with van der Waals surface area (Å²) in [6, 6.07) is 0. The number of aromatic nitrogens is 1. The molecule has 0 radical (unpaired) electrons. The second-order valence-corrected chi connectivity index (χ2v) is 3.58. The maximum absolute atomic E-state index is 10.8. The van der Waals surface area contributed by atoms with E-state index in [1.54, 1.807) is 12.3 Å². The Balaban J connectivity index is 2.93. The Labute approximate surface area is 90.5 Å². The van der Waals surface area contributed by atoms with Gasteiger partial charge >= 0.3 is 5.97 Å². The van der Waals surface area contributed by atoms with E-state index in [-0.39, 0.29) is 11.5 Å². The number of aliphatic carboxylic acids is 1. The zero-order chi connectivity index (χ0) is 11.4. The summed E-state index contributed by atoms with van der Waals surface area (Å²) in [5.74, 6) is -1.26. The molecular formula is C9H10N2O3S. The van der Waals surface area contributed by atoms with Gasteiger partial charge in [0, 0.05) is 12.3 Å². The van der Waals surface area contributed by atoms with Gasteiger partial charge in [0.2, 0.25) is 5.91 Å². The lowest BCUT2D eigenvalue weighted by Crippen LogP contribution is -2.06. The number of amides is 1. The second kappa shape index (κ2) is 4.70. The van der Waals surface area contributed by atoms with Crippen molar-refractivity contribution in [2.24, 2.45) is 0 Å². The highest BCUT2D eigenvalue weighted by Gasteiger charge is 2.13. The maximum Gasteiger partial charge on any atom is 0.337 e. The molecular weight excluding hydrogens is 216 g/mol. The van der Waals surface area contributed by atoms with Gasteiger partial charge in [-0.15, -0.1) is 11.3 Å². The molecule has 6 heteroatoms. The van der Waals surface area contributed by atoms with Crippen molar-refractivity contribution in [3.8, 4) is 0 Å². The highest BCUT2D eigenvalue weighted by Crippen LogP contribution is 2.21. The lowest BCUT2D eigenvalue weighted by atomic mass is 10.2. The molecule has 15 heavy (non-hydrogen) atoms. The summed E-state index contributed by atoms with van der Waals surface area (Å²) < 4.78 is 0. The first-order chi connectivity index (χ1) is 7.04. The van der Waals surface area contributed by atoms with Gasteiger partial charge < -0.3 is 10.4 Å². The molecule has 0 atom stereocenters. The van der Waals surface area contributed by atoms with Gasteiger partial charge in [0.1, 0.15) is 0 Å². The van der Waals surface area contributed by atoms with Crippen molar-refractivity contribution in [1.29, 1.82) is 0 Å². The van der Waals surface area contributed by atoms with Crippen LogP contribution in [-0.2, 0) is 9.59 Å². The molecule has 1 aromatic heterocycles. The quantitative estimate of drug-likeness (QED) is 0.767. The van der Waals surface area contributed by atoms with Gasteiger partial charge in [0.15, 0.2) is 5.13 Å². The van der Waals surface area contributed by atoms with Gasteiger partial charge in [0.25, 0.3) is 0 Å². The summed E-state index contributed by atoms with van der Waals surface area (Å²) in [5, 5.41) is 13.3. The van der Waals surface area contributed by atoms with Crippen LogP contribution in [0.15, 0.2) is 11.5 Å². The van der Waals surface area contributed by atoms with E-state index in [1.165, 1.54) is 24.3 Å². The SMILES string of the molecule is C/C=C(/C(=O)O)c1csc(NC(C)=O)n1. The Morgan fingerprint density at radius 3 is 2.73 bits per heavy atom. The molecule has 2 N–H and O–H groups in total. The second-order valence-electron chi connectivity index (χ2n) is 2.73. The van der Waals surface area contributed by atoms with Gasteiger partial charge in [0.05, 0.1) is 11.3 Å². The van der Waals surface area contributed by atoms with Crippen molar-refractivity contribution in [3.05, 3.63) is 17.2 Å². The fourth-order valence-electron chi connectivity index (χ4n) is 0.986. The van der Waals surface area contributed by atoms with Crippen LogP contribution in [0.3, 0.4) is 0 Å². The predicted octanol–water partition coefficient (Wildman–Crippen LogP) is 1.59. The number of allylic oxidation sites excluding steroid dienone is 1. The summed E-state index contributed by atoms with van der Waals surface area (Å²) in [4.78, 5) is 25.5. The molecule has 1 amide bonds. The highest BCUT2D eigenvalue weighted by molar-refractivity contribution is 7.14. The van der Waals surface area contributed by atoms with E-state index in [0.717, 1.165) is 0 Å². The molecule has 80 valence electrons. The van der Waals surface area contributed by atoms with E-state index in [0.29, 0.717) is 10.8 Å². The minimum atomic E-state index is -1.03. The molecule has 0 aromatic carbocycles. The summed E-state index contributed by atoms with van der Waals surface area (Å²) in [6.45, 7) is 3.00. The third kappa shape index (κ3) is 2.88. The lowest BCUT2D eigenvalue weighted by Gasteiger charge is -1.96. The maximum atomic E-state index is 10.8. The van der Waals surface area contributed by atoms with E-state index in [4.69, 9.17) is 5.11 Å². The average Bonchev–Trinajstić information content (AvgIpc) is 2.52. The minimum Gasteiger partial charge on any atom is -0.478 e. The zero-order valence-electron chi connectivity index (χ0n) is 8.27. The molecule has 1 rings (SSSR count). The van der Waals surface area contributed by atoms with Gasteiger partial charge in [-0.3, -0.25) is 4.79 Å². The largest absolute Gasteiger partial charge is 0.478 e. The predicted molar refractivity (Wildman–Crippen MR) is 57.7 cm³/mol. The first-order valence-corrected chi connectivity index (χ1v) is 5.05. The van der Waals surface area contributed by atoms with E-state index in [1.807, 2.05) is 0 Å². The van der Waals surface area contributed by atoms with Crippen LogP contribution in [0.1, 0.15) is 19.5 Å². The van der Waals surface area contributed by atoms with Crippen LogP contribution in [0.2, 0.25) is 0 Å². The number of hydrogen-bond acceptors (Lipinski definition) is 4. The van der Waals surface area contributed by atoms with Gasteiger partial charge in [-0.05, 0) is 6.92 Å². The number of carboxylic acids is 1. The number of hydrogen-bond donors (Lipinski definition) is 2. The Morgan fingerprint density at radius 2 is 2.27 bits per heavy atom. The Kier molecular flexibility index (Phi) is 3.56. The molecule has 1 heterocycles. The van der Waals surface area contributed by atoms with Crippen LogP contribution in [0.5, 0.6) is 0 Å². The first kappa shape index (κ1) is 11.4. The molecule has 0 aliphatic carbocycles. The number of thiazole rings is 1. The van der Waals surface area contributed by atoms with Crippen molar-refractivity contribution < 1.29 is 14.7 Å². The zero-order valence-corrected chi connectivity index (χ0v) is 9.09. The average molecular weight is 226 g/mol. The molecule has 0 unspecified atom stereocenters. The molecule has 1 aromatic rings. The molecule has 0 fully saturated rings. The lowest BCUT2D eigenvalue weighted by molar-refractivity contribution is -0.130. The van der Waals surface area contributed by atoms with Crippen LogP contribution in [0, 0.1) is 0 Å². The van der Waals surface area contributed by atoms with Crippen molar-refractivity contribution >= 4 is 33.9 Å². The Bertz CT molecular complexity index is 423. The van der Waals surface area contributed by atoms with E-state index >= 15 is 0 Å². The first-order valence-electron chi connectivity index (χ1n) is 4.17. The molecule has 0 aliphatic rings. The van der Waals surface area contributed by atoms with Crippen molar-refractivity contribution in [1.82, 2.24) is 4.98 Å². The normalized spacial score (nSPS) is 11.2. The summed E-state index contributed by atoms with van der Waals surface area (Å²) in [5.41, 5.74) is 0.488. The Hall–Kier alpha value is -1.69. The van der Waals surface area contributed by atoms with E-state index < -0.39 is 5.97 Å². The van der Waals surface area contributed by atoms with Crippen LogP contribution in [0.25, 0.3) is 5.57 Å². The third-order valence-corrected chi connectivity index (χ3v) is 2.34. The minimum absolute atomic E-state index is 0.128. The molecule has 0 aliphatic heterocycles. The number of carboxylic acid groups (broad SMARTS) is 1. The molecule has 0 saturated heterocycles. The number of rotatable bonds is 3. The van der Waals surface area contributed by atoms with Crippen LogP contribution < -0.4 is 5.32 Å². The topological polar surface area (TPSA) is 79.3 Å². The monoisotopic (exact) mass is 226 g/mol. The number of carbonyl (C=O) groups is 2. The van der Waals surface area contributed by atoms with E-state index in [9.17, 15) is 9.59 Å². The standard InChI is InChI=1S/C9H10N2O3S/c1-3-6(8(13)14)7-4-15-9(11-7)10-5(2)12/h3-4H,1-2H3,(H,13,14)(H,10,11,12)/b6-3+. The number of carbonyl (C=O) groups excluding carboxylic acids is 1. The number of anilines is 1. The van der Waals surface area contributed by atoms with Crippen LogP contribution in [-0.4, -0.2) is 22.0 Å². The molecule has 0 bridgehead atoms. The summed E-state index contributed by atoms with van der Waals surface area (Å²) in [7, 11) is 0. The smallest absolute Gasteiger partial charge is 0.337 e. The highest BCUT2D eigenvalue weighted by atomic mass is 32.1. The molecule has 0 saturated carbocycles. The number of nitrogens with one attached hydrogen (secondary N) is 1. The van der Waals surface area contributed by atoms with Gasteiger partial charge in [-0.1, -0.05) is 6.08 Å². The molecule has 5 nitrogen and oxygen atoms in total. The summed E-state index contributed by atoms with van der Waals surface area (Å²) in [6.07, 6.45) is 1.47. The fraction of sp³-hybridized carbons (Fsp3) is 0.222. The van der Waals surface area contributed by atoms with Crippen molar-refractivity contribution in [3.63, 3.8) is 0 Å². The van der Waals surface area contributed by atoms with Crippen LogP contribution >= 0.6 is 11.3 Å². The third-order valence-electron chi connectivity index (χ3n) is 1.58. The van der Waals surface area contributed by atoms with Gasteiger partial charge in [-0.2, -0.15) is 0 Å². The van der Waals surface area contributed by atoms with Crippen molar-refractivity contribution in [2.45, 2.75) is 13.8 Å². The van der Waals surface area contributed by atoms with Crippen LogP contribution in [0.4, 0.5) is 5.13 Å². The fourth-order valence-corrected chi connectivity index (χ4v) is 1.74. The summed E-state index contributed by atoms with van der Waals surface area (Å²) >= 11 is 1.19. The van der Waals surface area contributed by atoms with E-state index in [2.05, 4.69) is 10.3 Å². The number of nitrogens with zero attached hydrogens (tertiary/aromatic N) is 1. The van der Waals surface area contributed by atoms with Crippen molar-refractivity contribution in [2.75, 3.05) is 5.32 Å². The Morgan fingerprint density at radius 1 is 1.60 bits per heavy atom. The molecule has 0 spiro atoms. The van der Waals surface area contributed by atoms with Gasteiger partial charge in [-0.25, -0.2) is 9.78 Å².